The summed E-state index contributed by atoms with van der Waals surface area (Å²) in [5.74, 6) is 0.583. The molecule has 0 aliphatic rings. The number of aryl methyl sites for hydroxylation is 1. The molecular formula is C28H33N3O4S. The number of benzene rings is 2. The third kappa shape index (κ3) is 7.09. The number of rotatable bonds is 13. The van der Waals surface area contributed by atoms with E-state index in [1.807, 2.05) is 66.9 Å². The largest absolute Gasteiger partial charge is 0.389 e. The van der Waals surface area contributed by atoms with Gasteiger partial charge in [0.15, 0.2) is 0 Å². The van der Waals surface area contributed by atoms with E-state index in [4.69, 9.17) is 14.5 Å². The van der Waals surface area contributed by atoms with Gasteiger partial charge in [-0.15, -0.1) is 11.3 Å². The van der Waals surface area contributed by atoms with Crippen LogP contribution in [0, 0.1) is 6.92 Å². The van der Waals surface area contributed by atoms with E-state index >= 15 is 0 Å². The van der Waals surface area contributed by atoms with Crippen LogP contribution < -0.4 is 5.56 Å². The molecule has 0 fully saturated rings. The Morgan fingerprint density at radius 1 is 1.14 bits per heavy atom. The number of aromatic amines is 1. The number of methoxy groups -OCH3 is 1. The number of fused-ring (bicyclic) bond motifs is 1. The first-order chi connectivity index (χ1) is 17.5. The molecular weight excluding hydrogens is 474 g/mol. The molecule has 1 atom stereocenters. The van der Waals surface area contributed by atoms with Crippen molar-refractivity contribution in [1.29, 1.82) is 0 Å². The van der Waals surface area contributed by atoms with Crippen LogP contribution in [0.4, 0.5) is 0 Å². The van der Waals surface area contributed by atoms with Crippen LogP contribution in [0.2, 0.25) is 0 Å². The van der Waals surface area contributed by atoms with Gasteiger partial charge in [-0.05, 0) is 24.5 Å². The lowest BCUT2D eigenvalue weighted by molar-refractivity contribution is 0.00700. The predicted molar refractivity (Wildman–Crippen MR) is 144 cm³/mol. The number of ether oxygens (including phenoxy) is 2. The summed E-state index contributed by atoms with van der Waals surface area (Å²) in [4.78, 5) is 23.6. The number of nitrogens with one attached hydrogen (secondary N) is 1. The van der Waals surface area contributed by atoms with Crippen molar-refractivity contribution in [3.05, 3.63) is 87.3 Å². The van der Waals surface area contributed by atoms with Gasteiger partial charge in [-0.25, -0.2) is 4.98 Å². The fraction of sp³-hybridized carbons (Fsp3) is 0.357. The molecule has 0 aliphatic heterocycles. The summed E-state index contributed by atoms with van der Waals surface area (Å²) in [7, 11) is 1.67. The van der Waals surface area contributed by atoms with E-state index in [0.717, 1.165) is 23.1 Å². The maximum Gasteiger partial charge on any atom is 0.260 e. The highest BCUT2D eigenvalue weighted by molar-refractivity contribution is 7.17. The van der Waals surface area contributed by atoms with Gasteiger partial charge in [0.25, 0.3) is 5.56 Å². The van der Waals surface area contributed by atoms with Crippen LogP contribution in [0.15, 0.2) is 64.8 Å². The van der Waals surface area contributed by atoms with Crippen LogP contribution in [-0.2, 0) is 22.6 Å². The summed E-state index contributed by atoms with van der Waals surface area (Å²) in [6.45, 7) is 4.86. The normalized spacial score (nSPS) is 12.4. The fourth-order valence-electron chi connectivity index (χ4n) is 4.13. The van der Waals surface area contributed by atoms with Crippen molar-refractivity contribution in [2.45, 2.75) is 32.6 Å². The SMILES string of the molecule is COCCCN(Cc1nc2scc(-c3ccc(C)cc3)c2c(=O)[nH]1)C[C@H](O)COCc1ccccc1. The molecule has 2 aromatic carbocycles. The molecule has 0 unspecified atom stereocenters. The molecule has 8 heteroatoms. The molecule has 0 saturated carbocycles. The van der Waals surface area contributed by atoms with Crippen LogP contribution in [0.25, 0.3) is 21.3 Å². The predicted octanol–water partition coefficient (Wildman–Crippen LogP) is 4.38. The molecule has 36 heavy (non-hydrogen) atoms. The first-order valence-electron chi connectivity index (χ1n) is 12.1. The highest BCUT2D eigenvalue weighted by Gasteiger charge is 2.17. The Kier molecular flexibility index (Phi) is 9.38. The fourth-order valence-corrected chi connectivity index (χ4v) is 5.10. The van der Waals surface area contributed by atoms with Crippen molar-refractivity contribution in [2.24, 2.45) is 0 Å². The Labute approximate surface area is 215 Å². The van der Waals surface area contributed by atoms with Gasteiger partial charge in [0.2, 0.25) is 0 Å². The highest BCUT2D eigenvalue weighted by Crippen LogP contribution is 2.30. The molecule has 2 heterocycles. The van der Waals surface area contributed by atoms with Gasteiger partial charge in [0.05, 0.1) is 31.2 Å². The third-order valence-electron chi connectivity index (χ3n) is 5.94. The minimum absolute atomic E-state index is 0.143. The number of aliphatic hydroxyl groups excluding tert-OH is 1. The Hall–Kier alpha value is -2.88. The second-order valence-corrected chi connectivity index (χ2v) is 9.80. The van der Waals surface area contributed by atoms with Gasteiger partial charge in [0.1, 0.15) is 10.7 Å². The number of thiophene rings is 1. The Balaban J connectivity index is 1.44. The van der Waals surface area contributed by atoms with Gasteiger partial charge in [-0.3, -0.25) is 9.69 Å². The standard InChI is InChI=1S/C28H33N3O4S/c1-20-9-11-22(12-10-20)24-19-36-28-26(24)27(33)29-25(30-28)16-31(13-6-14-34-2)15-23(32)18-35-17-21-7-4-3-5-8-21/h3-5,7-12,19,23,32H,6,13-18H2,1-2H3,(H,29,30,33)/t23-/m0/s1. The molecule has 4 aromatic rings. The van der Waals surface area contributed by atoms with Crippen LogP contribution in [0.3, 0.4) is 0 Å². The molecule has 7 nitrogen and oxygen atoms in total. The van der Waals surface area contributed by atoms with Crippen molar-refractivity contribution in [2.75, 3.05) is 33.4 Å². The van der Waals surface area contributed by atoms with Crippen molar-refractivity contribution < 1.29 is 14.6 Å². The number of H-pyrrole nitrogens is 1. The molecule has 2 N–H and O–H groups in total. The van der Waals surface area contributed by atoms with E-state index in [1.165, 1.54) is 16.9 Å². The molecule has 0 aliphatic carbocycles. The smallest absolute Gasteiger partial charge is 0.260 e. The van der Waals surface area contributed by atoms with Crippen molar-refractivity contribution in [3.63, 3.8) is 0 Å². The van der Waals surface area contributed by atoms with Gasteiger partial charge in [-0.1, -0.05) is 60.2 Å². The molecule has 0 radical (unpaired) electrons. The third-order valence-corrected chi connectivity index (χ3v) is 6.81. The monoisotopic (exact) mass is 507 g/mol. The maximum absolute atomic E-state index is 13.1. The lowest BCUT2D eigenvalue weighted by Crippen LogP contribution is -2.36. The first kappa shape index (κ1) is 26.2. The van der Waals surface area contributed by atoms with Gasteiger partial charge >= 0.3 is 0 Å². The second kappa shape index (κ2) is 12.9. The summed E-state index contributed by atoms with van der Waals surface area (Å²) in [5.41, 5.74) is 4.01. The Morgan fingerprint density at radius 2 is 1.92 bits per heavy atom. The summed E-state index contributed by atoms with van der Waals surface area (Å²) in [6.07, 6.45) is 0.138. The van der Waals surface area contributed by atoms with E-state index in [9.17, 15) is 9.90 Å². The summed E-state index contributed by atoms with van der Waals surface area (Å²) < 4.78 is 10.9. The minimum atomic E-state index is -0.665. The number of hydrogen-bond acceptors (Lipinski definition) is 7. The molecule has 0 spiro atoms. The molecule has 2 aromatic heterocycles. The molecule has 4 rings (SSSR count). The minimum Gasteiger partial charge on any atom is -0.389 e. The van der Waals surface area contributed by atoms with Crippen molar-refractivity contribution in [1.82, 2.24) is 14.9 Å². The van der Waals surface area contributed by atoms with E-state index < -0.39 is 6.10 Å². The van der Waals surface area contributed by atoms with Crippen LogP contribution >= 0.6 is 11.3 Å². The maximum atomic E-state index is 13.1. The average Bonchev–Trinajstić information content (AvgIpc) is 3.30. The Morgan fingerprint density at radius 3 is 2.67 bits per heavy atom. The molecule has 0 bridgehead atoms. The summed E-state index contributed by atoms with van der Waals surface area (Å²) in [5, 5.41) is 13.2. The van der Waals surface area contributed by atoms with Gasteiger partial charge in [-0.2, -0.15) is 0 Å². The zero-order chi connectivity index (χ0) is 25.3. The van der Waals surface area contributed by atoms with Crippen molar-refractivity contribution >= 4 is 21.6 Å². The van der Waals surface area contributed by atoms with Crippen LogP contribution in [-0.4, -0.2) is 59.5 Å². The number of aliphatic hydroxyl groups is 1. The lowest BCUT2D eigenvalue weighted by Gasteiger charge is -2.24. The molecule has 0 saturated heterocycles. The van der Waals surface area contributed by atoms with E-state index in [-0.39, 0.29) is 12.2 Å². The Bertz CT molecular complexity index is 1290. The number of aromatic nitrogens is 2. The van der Waals surface area contributed by atoms with E-state index in [1.54, 1.807) is 7.11 Å². The zero-order valence-electron chi connectivity index (χ0n) is 20.8. The second-order valence-electron chi connectivity index (χ2n) is 8.94. The summed E-state index contributed by atoms with van der Waals surface area (Å²) >= 11 is 1.47. The molecule has 190 valence electrons. The highest BCUT2D eigenvalue weighted by atomic mass is 32.1. The van der Waals surface area contributed by atoms with E-state index in [0.29, 0.717) is 48.9 Å². The number of hydrogen-bond donors (Lipinski definition) is 2. The van der Waals surface area contributed by atoms with Gasteiger partial charge in [0, 0.05) is 37.7 Å². The van der Waals surface area contributed by atoms with Crippen LogP contribution in [0.5, 0.6) is 0 Å². The average molecular weight is 508 g/mol. The van der Waals surface area contributed by atoms with Crippen molar-refractivity contribution in [3.8, 4) is 11.1 Å². The first-order valence-corrected chi connectivity index (χ1v) is 13.0. The van der Waals surface area contributed by atoms with E-state index in [2.05, 4.69) is 9.88 Å². The van der Waals surface area contributed by atoms with Crippen LogP contribution in [0.1, 0.15) is 23.4 Å². The summed E-state index contributed by atoms with van der Waals surface area (Å²) in [6, 6.07) is 18.0. The quantitative estimate of drug-likeness (QED) is 0.261. The number of nitrogens with zero attached hydrogens (tertiary/aromatic N) is 2. The van der Waals surface area contributed by atoms with Gasteiger partial charge < -0.3 is 19.6 Å². The lowest BCUT2D eigenvalue weighted by atomic mass is 10.1. The topological polar surface area (TPSA) is 87.7 Å². The zero-order valence-corrected chi connectivity index (χ0v) is 21.6. The molecule has 0 amide bonds.